The zero-order valence-electron chi connectivity index (χ0n) is 11.5. The molecule has 0 unspecified atom stereocenters. The van der Waals surface area contributed by atoms with Gasteiger partial charge in [-0.25, -0.2) is 9.18 Å². The van der Waals surface area contributed by atoms with Crippen LogP contribution in [0, 0.1) is 5.82 Å². The first-order chi connectivity index (χ1) is 10.1. The van der Waals surface area contributed by atoms with Gasteiger partial charge >= 0.3 is 6.03 Å². The van der Waals surface area contributed by atoms with E-state index in [0.29, 0.717) is 18.4 Å². The highest BCUT2D eigenvalue weighted by molar-refractivity contribution is 6.07. The summed E-state index contributed by atoms with van der Waals surface area (Å²) in [7, 11) is 0. The fourth-order valence-corrected chi connectivity index (χ4v) is 2.92. The summed E-state index contributed by atoms with van der Waals surface area (Å²) in [6, 6.07) is 5.31. The maximum atomic E-state index is 13.1. The van der Waals surface area contributed by atoms with Crippen LogP contribution in [0.15, 0.2) is 29.4 Å². The van der Waals surface area contributed by atoms with E-state index in [2.05, 4.69) is 10.4 Å². The lowest BCUT2D eigenvalue weighted by molar-refractivity contribution is -0.132. The third-order valence-corrected chi connectivity index (χ3v) is 4.02. The lowest BCUT2D eigenvalue weighted by atomic mass is 9.82. The first-order valence-electron chi connectivity index (χ1n) is 7.07. The Morgan fingerprint density at radius 1 is 1.24 bits per heavy atom. The standard InChI is InChI=1S/C15H16FN3O2/c16-12-6-4-5-11(9-12)10-17-19-13(20)15(18-14(19)21)7-2-1-3-8-15/h4-6,9-10H,1-3,7-8H2,(H,18,21). The van der Waals surface area contributed by atoms with Gasteiger partial charge in [0.1, 0.15) is 11.4 Å². The zero-order valence-corrected chi connectivity index (χ0v) is 11.5. The van der Waals surface area contributed by atoms with E-state index in [-0.39, 0.29) is 11.7 Å². The van der Waals surface area contributed by atoms with Crippen LogP contribution < -0.4 is 5.32 Å². The van der Waals surface area contributed by atoms with Crippen LogP contribution in [0.5, 0.6) is 0 Å². The van der Waals surface area contributed by atoms with Crippen LogP contribution in [0.3, 0.4) is 0 Å². The van der Waals surface area contributed by atoms with Gasteiger partial charge in [-0.1, -0.05) is 31.4 Å². The quantitative estimate of drug-likeness (QED) is 0.671. The summed E-state index contributed by atoms with van der Waals surface area (Å²) in [5.41, 5.74) is -0.283. The Morgan fingerprint density at radius 3 is 2.71 bits per heavy atom. The number of amides is 3. The minimum absolute atomic E-state index is 0.306. The van der Waals surface area contributed by atoms with Crippen molar-refractivity contribution >= 4 is 18.2 Å². The van der Waals surface area contributed by atoms with Gasteiger partial charge in [0.25, 0.3) is 5.91 Å². The highest BCUT2D eigenvalue weighted by Crippen LogP contribution is 2.33. The molecule has 0 radical (unpaired) electrons. The molecule has 1 aliphatic heterocycles. The van der Waals surface area contributed by atoms with Crippen LogP contribution in [0.4, 0.5) is 9.18 Å². The number of nitrogens with zero attached hydrogens (tertiary/aromatic N) is 2. The van der Waals surface area contributed by atoms with Crippen molar-refractivity contribution < 1.29 is 14.0 Å². The monoisotopic (exact) mass is 289 g/mol. The number of nitrogens with one attached hydrogen (secondary N) is 1. The number of hydrogen-bond donors (Lipinski definition) is 1. The molecule has 1 spiro atoms. The highest BCUT2D eigenvalue weighted by atomic mass is 19.1. The molecule has 3 rings (SSSR count). The lowest BCUT2D eigenvalue weighted by Crippen LogP contribution is -2.48. The summed E-state index contributed by atoms with van der Waals surface area (Å²) >= 11 is 0. The van der Waals surface area contributed by atoms with E-state index >= 15 is 0 Å². The second-order valence-corrected chi connectivity index (χ2v) is 5.49. The number of rotatable bonds is 2. The molecule has 1 aromatic rings. The molecule has 5 nitrogen and oxygen atoms in total. The summed E-state index contributed by atoms with van der Waals surface area (Å²) < 4.78 is 13.1. The molecule has 21 heavy (non-hydrogen) atoms. The molecular weight excluding hydrogens is 273 g/mol. The first-order valence-corrected chi connectivity index (χ1v) is 7.07. The number of urea groups is 1. The van der Waals surface area contributed by atoms with E-state index < -0.39 is 11.6 Å². The molecule has 0 atom stereocenters. The van der Waals surface area contributed by atoms with E-state index in [9.17, 15) is 14.0 Å². The van der Waals surface area contributed by atoms with Crippen molar-refractivity contribution in [3.63, 3.8) is 0 Å². The Hall–Kier alpha value is -2.24. The van der Waals surface area contributed by atoms with Gasteiger partial charge in [0, 0.05) is 0 Å². The van der Waals surface area contributed by atoms with Crippen molar-refractivity contribution in [2.45, 2.75) is 37.6 Å². The average molecular weight is 289 g/mol. The van der Waals surface area contributed by atoms with Crippen LogP contribution >= 0.6 is 0 Å². The Bertz CT molecular complexity index is 609. The highest BCUT2D eigenvalue weighted by Gasteiger charge is 2.51. The normalized spacial score (nSPS) is 21.3. The molecule has 2 aliphatic rings. The molecule has 1 N–H and O–H groups in total. The van der Waals surface area contributed by atoms with Crippen LogP contribution in [0.2, 0.25) is 0 Å². The molecule has 3 amide bonds. The van der Waals surface area contributed by atoms with Gasteiger partial charge in [0.15, 0.2) is 0 Å². The maximum Gasteiger partial charge on any atom is 0.346 e. The smallest absolute Gasteiger partial charge is 0.321 e. The molecule has 2 fully saturated rings. The molecule has 1 aromatic carbocycles. The van der Waals surface area contributed by atoms with Crippen molar-refractivity contribution in [2.75, 3.05) is 0 Å². The number of imide groups is 1. The van der Waals surface area contributed by atoms with Crippen LogP contribution in [0.1, 0.15) is 37.7 Å². The van der Waals surface area contributed by atoms with Gasteiger partial charge in [-0.3, -0.25) is 4.79 Å². The van der Waals surface area contributed by atoms with E-state index in [1.54, 1.807) is 12.1 Å². The van der Waals surface area contributed by atoms with Gasteiger partial charge in [0.2, 0.25) is 0 Å². The Kier molecular flexibility index (Phi) is 3.45. The van der Waals surface area contributed by atoms with Crippen molar-refractivity contribution in [2.24, 2.45) is 5.10 Å². The lowest BCUT2D eigenvalue weighted by Gasteiger charge is -2.29. The van der Waals surface area contributed by atoms with Crippen molar-refractivity contribution in [1.29, 1.82) is 0 Å². The summed E-state index contributed by atoms with van der Waals surface area (Å²) in [6.45, 7) is 0. The van der Waals surface area contributed by atoms with Crippen LogP contribution in [0.25, 0.3) is 0 Å². The number of hydrogen-bond acceptors (Lipinski definition) is 3. The summed E-state index contributed by atoms with van der Waals surface area (Å²) in [4.78, 5) is 24.4. The average Bonchev–Trinajstić information content (AvgIpc) is 2.69. The predicted molar refractivity (Wildman–Crippen MR) is 75.2 cm³/mol. The number of halogens is 1. The molecule has 1 aliphatic carbocycles. The van der Waals surface area contributed by atoms with E-state index in [0.717, 1.165) is 24.3 Å². The number of carbonyl (C=O) groups is 2. The molecule has 0 aromatic heterocycles. The third-order valence-electron chi connectivity index (χ3n) is 4.02. The van der Waals surface area contributed by atoms with Crippen molar-refractivity contribution in [1.82, 2.24) is 10.3 Å². The van der Waals surface area contributed by atoms with Gasteiger partial charge in [0.05, 0.1) is 6.21 Å². The molecule has 110 valence electrons. The summed E-state index contributed by atoms with van der Waals surface area (Å²) in [5.74, 6) is -0.695. The molecule has 6 heteroatoms. The summed E-state index contributed by atoms with van der Waals surface area (Å²) in [6.07, 6.45) is 5.56. The Balaban J connectivity index is 1.79. The van der Waals surface area contributed by atoms with E-state index in [1.165, 1.54) is 18.3 Å². The fraction of sp³-hybridized carbons (Fsp3) is 0.400. The second kappa shape index (κ2) is 5.27. The third kappa shape index (κ3) is 2.53. The molecular formula is C15H16FN3O2. The SMILES string of the molecule is O=C1NC2(CCCCC2)C(=O)N1N=Cc1cccc(F)c1. The van der Waals surface area contributed by atoms with Gasteiger partial charge in [-0.05, 0) is 30.5 Å². The Labute approximate surface area is 121 Å². The predicted octanol–water partition coefficient (Wildman–Crippen LogP) is 2.41. The molecule has 1 saturated carbocycles. The minimum atomic E-state index is -0.783. The molecule has 1 heterocycles. The fourth-order valence-electron chi connectivity index (χ4n) is 2.92. The van der Waals surface area contributed by atoms with E-state index in [4.69, 9.17) is 0 Å². The summed E-state index contributed by atoms with van der Waals surface area (Å²) in [5, 5.41) is 7.55. The first kappa shape index (κ1) is 13.7. The van der Waals surface area contributed by atoms with Gasteiger partial charge in [-0.15, -0.1) is 5.01 Å². The van der Waals surface area contributed by atoms with Crippen molar-refractivity contribution in [3.8, 4) is 0 Å². The van der Waals surface area contributed by atoms with Crippen LogP contribution in [-0.4, -0.2) is 28.7 Å². The minimum Gasteiger partial charge on any atom is -0.321 e. The molecule has 0 bridgehead atoms. The number of carbonyl (C=O) groups excluding carboxylic acids is 2. The van der Waals surface area contributed by atoms with Crippen LogP contribution in [-0.2, 0) is 4.79 Å². The largest absolute Gasteiger partial charge is 0.346 e. The number of hydrazone groups is 1. The van der Waals surface area contributed by atoms with E-state index in [1.807, 2.05) is 0 Å². The topological polar surface area (TPSA) is 61.8 Å². The second-order valence-electron chi connectivity index (χ2n) is 5.49. The molecule has 1 saturated heterocycles. The maximum absolute atomic E-state index is 13.1. The Morgan fingerprint density at radius 2 is 2.00 bits per heavy atom. The van der Waals surface area contributed by atoms with Gasteiger partial charge < -0.3 is 5.32 Å². The zero-order chi connectivity index (χ0) is 14.9. The van der Waals surface area contributed by atoms with Gasteiger partial charge in [-0.2, -0.15) is 5.10 Å². The van der Waals surface area contributed by atoms with Crippen molar-refractivity contribution in [3.05, 3.63) is 35.6 Å². The number of benzene rings is 1.